The third-order valence-electron chi connectivity index (χ3n) is 2.69. The number of nitrogens with one attached hydrogen (secondary N) is 1. The first-order valence-electron chi connectivity index (χ1n) is 6.76. The van der Waals surface area contributed by atoms with E-state index in [0.29, 0.717) is 19.3 Å². The molecule has 1 N–H and O–H groups in total. The van der Waals surface area contributed by atoms with Gasteiger partial charge >= 0.3 is 0 Å². The summed E-state index contributed by atoms with van der Waals surface area (Å²) in [6, 6.07) is 0.581. The molecular weight excluding hydrogens is 214 g/mol. The largest absolute Gasteiger partial charge is 0.382 e. The smallest absolute Gasteiger partial charge is 0.0700 e. The van der Waals surface area contributed by atoms with Crippen molar-refractivity contribution in [3.8, 4) is 0 Å². The standard InChI is InChI=1S/C14H29NO2/c1-4-6-7-8-14(15-10-5-2)9-11-17-13-12-16-3/h4,14-15H,1,5-13H2,2-3H3. The summed E-state index contributed by atoms with van der Waals surface area (Å²) in [5.41, 5.74) is 0. The molecule has 0 aromatic carbocycles. The van der Waals surface area contributed by atoms with E-state index in [1.54, 1.807) is 7.11 Å². The van der Waals surface area contributed by atoms with Crippen LogP contribution in [0, 0.1) is 0 Å². The highest BCUT2D eigenvalue weighted by Crippen LogP contribution is 2.05. The van der Waals surface area contributed by atoms with Crippen LogP contribution in [0.2, 0.25) is 0 Å². The number of hydrogen-bond donors (Lipinski definition) is 1. The summed E-state index contributed by atoms with van der Waals surface area (Å²) in [6.45, 7) is 9.25. The molecule has 17 heavy (non-hydrogen) atoms. The van der Waals surface area contributed by atoms with Gasteiger partial charge in [-0.15, -0.1) is 6.58 Å². The number of unbranched alkanes of at least 4 members (excludes halogenated alkanes) is 1. The zero-order chi connectivity index (χ0) is 12.8. The van der Waals surface area contributed by atoms with Gasteiger partial charge in [-0.05, 0) is 38.6 Å². The molecule has 0 aliphatic rings. The summed E-state index contributed by atoms with van der Waals surface area (Å²) in [6.07, 6.45) is 7.78. The molecule has 0 fully saturated rings. The van der Waals surface area contributed by atoms with Crippen LogP contribution >= 0.6 is 0 Å². The number of methoxy groups -OCH3 is 1. The second-order valence-electron chi connectivity index (χ2n) is 4.26. The first-order valence-corrected chi connectivity index (χ1v) is 6.76. The van der Waals surface area contributed by atoms with Gasteiger partial charge < -0.3 is 14.8 Å². The Kier molecular flexibility index (Phi) is 13.4. The fourth-order valence-corrected chi connectivity index (χ4v) is 1.68. The van der Waals surface area contributed by atoms with E-state index in [9.17, 15) is 0 Å². The maximum atomic E-state index is 5.51. The van der Waals surface area contributed by atoms with Crippen molar-refractivity contribution >= 4 is 0 Å². The molecular formula is C14H29NO2. The fraction of sp³-hybridized carbons (Fsp3) is 0.857. The van der Waals surface area contributed by atoms with Gasteiger partial charge in [-0.3, -0.25) is 0 Å². The molecule has 0 aliphatic carbocycles. The third-order valence-corrected chi connectivity index (χ3v) is 2.69. The van der Waals surface area contributed by atoms with Gasteiger partial charge in [0.15, 0.2) is 0 Å². The molecule has 0 saturated carbocycles. The van der Waals surface area contributed by atoms with Crippen LogP contribution in [0.1, 0.15) is 39.0 Å². The Morgan fingerprint density at radius 2 is 2.06 bits per heavy atom. The van der Waals surface area contributed by atoms with E-state index in [1.165, 1.54) is 19.3 Å². The van der Waals surface area contributed by atoms with Crippen LogP contribution in [0.15, 0.2) is 12.7 Å². The van der Waals surface area contributed by atoms with Crippen LogP contribution in [0.4, 0.5) is 0 Å². The van der Waals surface area contributed by atoms with Crippen LogP contribution in [-0.4, -0.2) is 39.5 Å². The molecule has 0 radical (unpaired) electrons. The van der Waals surface area contributed by atoms with Crippen molar-refractivity contribution in [1.29, 1.82) is 0 Å². The molecule has 0 spiro atoms. The molecule has 0 aromatic rings. The van der Waals surface area contributed by atoms with Crippen molar-refractivity contribution in [1.82, 2.24) is 5.32 Å². The molecule has 0 rings (SSSR count). The van der Waals surface area contributed by atoms with E-state index >= 15 is 0 Å². The van der Waals surface area contributed by atoms with Gasteiger partial charge in [-0.25, -0.2) is 0 Å². The minimum atomic E-state index is 0.581. The van der Waals surface area contributed by atoms with Crippen LogP contribution in [0.25, 0.3) is 0 Å². The van der Waals surface area contributed by atoms with Gasteiger partial charge in [0.05, 0.1) is 13.2 Å². The molecule has 0 heterocycles. The molecule has 3 heteroatoms. The molecule has 0 aliphatic heterocycles. The maximum absolute atomic E-state index is 5.51. The highest BCUT2D eigenvalue weighted by atomic mass is 16.5. The normalized spacial score (nSPS) is 12.6. The summed E-state index contributed by atoms with van der Waals surface area (Å²) in [5.74, 6) is 0. The Labute approximate surface area is 107 Å². The van der Waals surface area contributed by atoms with Crippen molar-refractivity contribution in [3.05, 3.63) is 12.7 Å². The molecule has 102 valence electrons. The lowest BCUT2D eigenvalue weighted by atomic mass is 10.1. The SMILES string of the molecule is C=CCCCC(CCOCCOC)NCCC. The summed E-state index contributed by atoms with van der Waals surface area (Å²) < 4.78 is 10.4. The maximum Gasteiger partial charge on any atom is 0.0700 e. The van der Waals surface area contributed by atoms with Crippen molar-refractivity contribution < 1.29 is 9.47 Å². The Morgan fingerprint density at radius 3 is 2.71 bits per heavy atom. The minimum Gasteiger partial charge on any atom is -0.382 e. The summed E-state index contributed by atoms with van der Waals surface area (Å²) in [5, 5.41) is 3.57. The van der Waals surface area contributed by atoms with Crippen LogP contribution in [-0.2, 0) is 9.47 Å². The average molecular weight is 243 g/mol. The molecule has 0 bridgehead atoms. The molecule has 1 atom stereocenters. The summed E-state index contributed by atoms with van der Waals surface area (Å²) in [7, 11) is 1.70. The zero-order valence-electron chi connectivity index (χ0n) is 11.5. The fourth-order valence-electron chi connectivity index (χ4n) is 1.68. The Balaban J connectivity index is 3.56. The number of rotatable bonds is 13. The van der Waals surface area contributed by atoms with Gasteiger partial charge in [0.25, 0.3) is 0 Å². The number of allylic oxidation sites excluding steroid dienone is 1. The predicted molar refractivity (Wildman–Crippen MR) is 73.4 cm³/mol. The van der Waals surface area contributed by atoms with Crippen molar-refractivity contribution in [3.63, 3.8) is 0 Å². The van der Waals surface area contributed by atoms with E-state index in [0.717, 1.165) is 26.0 Å². The van der Waals surface area contributed by atoms with Crippen molar-refractivity contribution in [2.75, 3.05) is 33.5 Å². The minimum absolute atomic E-state index is 0.581. The van der Waals surface area contributed by atoms with Crippen molar-refractivity contribution in [2.45, 2.75) is 45.1 Å². The van der Waals surface area contributed by atoms with E-state index in [2.05, 4.69) is 18.8 Å². The zero-order valence-corrected chi connectivity index (χ0v) is 11.5. The van der Waals surface area contributed by atoms with Gasteiger partial charge in [0, 0.05) is 19.8 Å². The topological polar surface area (TPSA) is 30.5 Å². The number of ether oxygens (including phenoxy) is 2. The monoisotopic (exact) mass is 243 g/mol. The van der Waals surface area contributed by atoms with Gasteiger partial charge in [-0.1, -0.05) is 13.0 Å². The van der Waals surface area contributed by atoms with E-state index in [-0.39, 0.29) is 0 Å². The molecule has 0 aromatic heterocycles. The Hall–Kier alpha value is -0.380. The lowest BCUT2D eigenvalue weighted by molar-refractivity contribution is 0.0654. The second kappa shape index (κ2) is 13.7. The van der Waals surface area contributed by atoms with Crippen LogP contribution in [0.3, 0.4) is 0 Å². The van der Waals surface area contributed by atoms with Gasteiger partial charge in [0.2, 0.25) is 0 Å². The van der Waals surface area contributed by atoms with E-state index in [1.807, 2.05) is 6.08 Å². The summed E-state index contributed by atoms with van der Waals surface area (Å²) in [4.78, 5) is 0. The predicted octanol–water partition coefficient (Wildman–Crippen LogP) is 2.76. The lowest BCUT2D eigenvalue weighted by Crippen LogP contribution is -2.31. The molecule has 0 saturated heterocycles. The van der Waals surface area contributed by atoms with E-state index < -0.39 is 0 Å². The molecule has 0 amide bonds. The Morgan fingerprint density at radius 1 is 1.24 bits per heavy atom. The molecule has 1 unspecified atom stereocenters. The first kappa shape index (κ1) is 16.6. The van der Waals surface area contributed by atoms with Gasteiger partial charge in [-0.2, -0.15) is 0 Å². The molecule has 3 nitrogen and oxygen atoms in total. The number of hydrogen-bond acceptors (Lipinski definition) is 3. The first-order chi connectivity index (χ1) is 8.35. The van der Waals surface area contributed by atoms with Crippen LogP contribution < -0.4 is 5.32 Å². The second-order valence-corrected chi connectivity index (χ2v) is 4.26. The highest BCUT2D eigenvalue weighted by molar-refractivity contribution is 4.71. The summed E-state index contributed by atoms with van der Waals surface area (Å²) >= 11 is 0. The van der Waals surface area contributed by atoms with E-state index in [4.69, 9.17) is 9.47 Å². The average Bonchev–Trinajstić information content (AvgIpc) is 2.35. The highest BCUT2D eigenvalue weighted by Gasteiger charge is 2.06. The lowest BCUT2D eigenvalue weighted by Gasteiger charge is -2.18. The third kappa shape index (κ3) is 11.9. The Bertz CT molecular complexity index is 162. The van der Waals surface area contributed by atoms with Gasteiger partial charge in [0.1, 0.15) is 0 Å². The van der Waals surface area contributed by atoms with Crippen LogP contribution in [0.5, 0.6) is 0 Å². The quantitative estimate of drug-likeness (QED) is 0.398. The van der Waals surface area contributed by atoms with Crippen molar-refractivity contribution in [2.24, 2.45) is 0 Å².